The van der Waals surface area contributed by atoms with Gasteiger partial charge in [-0.25, -0.2) is 9.18 Å². The van der Waals surface area contributed by atoms with E-state index < -0.39 is 6.09 Å². The molecule has 0 unspecified atom stereocenters. The maximum atomic E-state index is 13.7. The van der Waals surface area contributed by atoms with Crippen LogP contribution in [-0.2, 0) is 6.54 Å². The molecule has 5 rings (SSSR count). The number of fused-ring (bicyclic) bond motifs is 2. The van der Waals surface area contributed by atoms with Crippen LogP contribution in [0.2, 0.25) is 5.02 Å². The third-order valence-corrected chi connectivity index (χ3v) is 6.50. The summed E-state index contributed by atoms with van der Waals surface area (Å²) in [5, 5.41) is 1.46. The van der Waals surface area contributed by atoms with E-state index in [2.05, 4.69) is 4.57 Å². The van der Waals surface area contributed by atoms with Gasteiger partial charge < -0.3 is 23.7 Å². The molecule has 0 radical (unpaired) electrons. The van der Waals surface area contributed by atoms with Gasteiger partial charge in [0, 0.05) is 53.4 Å². The second-order valence-corrected chi connectivity index (χ2v) is 8.57. The normalized spacial score (nSPS) is 12.2. The van der Waals surface area contributed by atoms with E-state index in [1.165, 1.54) is 12.1 Å². The lowest BCUT2D eigenvalue weighted by Crippen LogP contribution is -2.33. The summed E-state index contributed by atoms with van der Waals surface area (Å²) in [7, 11) is 0. The number of ether oxygens (including phenoxy) is 3. The lowest BCUT2D eigenvalue weighted by Gasteiger charge is -2.20. The standard InChI is InChI=1S/C27H24ClFN2O4/c1-3-30(4-2)27(32)35-23-10-9-22-20(26(23)17-5-7-19(29)8-6-17)11-12-31(22)15-18-13-24-25(14-21(18)28)34-16-33-24/h5-14H,3-4,15-16H2,1-2H3. The molecule has 0 saturated heterocycles. The third-order valence-electron chi connectivity index (χ3n) is 6.15. The molecule has 6 nitrogen and oxygen atoms in total. The number of aromatic nitrogens is 1. The zero-order valence-corrected chi connectivity index (χ0v) is 20.1. The van der Waals surface area contributed by atoms with Crippen LogP contribution >= 0.6 is 11.6 Å². The van der Waals surface area contributed by atoms with Crippen molar-refractivity contribution in [3.05, 3.63) is 77.2 Å². The van der Waals surface area contributed by atoms with Crippen molar-refractivity contribution in [3.63, 3.8) is 0 Å². The van der Waals surface area contributed by atoms with Crippen LogP contribution in [0.3, 0.4) is 0 Å². The largest absolute Gasteiger partial charge is 0.454 e. The summed E-state index contributed by atoms with van der Waals surface area (Å²) in [6, 6.07) is 15.5. The van der Waals surface area contributed by atoms with Crippen LogP contribution in [0.4, 0.5) is 9.18 Å². The summed E-state index contributed by atoms with van der Waals surface area (Å²) in [4.78, 5) is 14.3. The Hall–Kier alpha value is -3.71. The van der Waals surface area contributed by atoms with Crippen LogP contribution in [0, 0.1) is 5.82 Å². The fraction of sp³-hybridized carbons (Fsp3) is 0.222. The number of hydrogen-bond acceptors (Lipinski definition) is 4. The van der Waals surface area contributed by atoms with Crippen molar-refractivity contribution in [3.8, 4) is 28.4 Å². The molecule has 0 spiro atoms. The Kier molecular flexibility index (Phi) is 6.26. The van der Waals surface area contributed by atoms with E-state index in [-0.39, 0.29) is 12.6 Å². The van der Waals surface area contributed by atoms with Gasteiger partial charge in [-0.15, -0.1) is 0 Å². The molecule has 8 heteroatoms. The topological polar surface area (TPSA) is 52.9 Å². The Morgan fingerprint density at radius 3 is 2.49 bits per heavy atom. The zero-order chi connectivity index (χ0) is 24.5. The van der Waals surface area contributed by atoms with Crippen molar-refractivity contribution in [1.82, 2.24) is 9.47 Å². The first-order valence-corrected chi connectivity index (χ1v) is 11.8. The van der Waals surface area contributed by atoms with Crippen molar-refractivity contribution < 1.29 is 23.4 Å². The van der Waals surface area contributed by atoms with E-state index in [4.69, 9.17) is 25.8 Å². The van der Waals surface area contributed by atoms with Gasteiger partial charge in [0.15, 0.2) is 11.5 Å². The number of rotatable bonds is 6. The van der Waals surface area contributed by atoms with Gasteiger partial charge >= 0.3 is 6.09 Å². The summed E-state index contributed by atoms with van der Waals surface area (Å²) in [6.07, 6.45) is 1.53. The van der Waals surface area contributed by atoms with Gasteiger partial charge in [0.2, 0.25) is 6.79 Å². The third kappa shape index (κ3) is 4.39. The Balaban J connectivity index is 1.58. The first-order valence-electron chi connectivity index (χ1n) is 11.4. The molecule has 0 N–H and O–H groups in total. The van der Waals surface area contributed by atoms with Gasteiger partial charge in [0.25, 0.3) is 0 Å². The number of halogens is 2. The molecule has 1 aliphatic rings. The summed E-state index contributed by atoms with van der Waals surface area (Å²) in [5.74, 6) is 1.38. The molecule has 180 valence electrons. The van der Waals surface area contributed by atoms with Crippen molar-refractivity contribution in [2.24, 2.45) is 0 Å². The summed E-state index contributed by atoms with van der Waals surface area (Å²) >= 11 is 6.51. The van der Waals surface area contributed by atoms with E-state index in [1.807, 2.05) is 38.2 Å². The van der Waals surface area contributed by atoms with Crippen molar-refractivity contribution in [1.29, 1.82) is 0 Å². The maximum Gasteiger partial charge on any atom is 0.415 e. The SMILES string of the molecule is CCN(CC)C(=O)Oc1ccc2c(ccn2Cc2cc3c(cc2Cl)OCO3)c1-c1ccc(F)cc1. The van der Waals surface area contributed by atoms with Crippen molar-refractivity contribution >= 4 is 28.6 Å². The van der Waals surface area contributed by atoms with Crippen molar-refractivity contribution in [2.75, 3.05) is 19.9 Å². The van der Waals surface area contributed by atoms with Crippen LogP contribution in [0.15, 0.2) is 60.8 Å². The Morgan fingerprint density at radius 2 is 1.77 bits per heavy atom. The minimum absolute atomic E-state index is 0.178. The number of benzene rings is 3. The van der Waals surface area contributed by atoms with E-state index in [9.17, 15) is 9.18 Å². The second-order valence-electron chi connectivity index (χ2n) is 8.16. The predicted molar refractivity (Wildman–Crippen MR) is 133 cm³/mol. The number of amides is 1. The lowest BCUT2D eigenvalue weighted by atomic mass is 10.0. The average molecular weight is 495 g/mol. The molecule has 0 saturated carbocycles. The predicted octanol–water partition coefficient (Wildman–Crippen LogP) is 6.72. The van der Waals surface area contributed by atoms with E-state index in [0.29, 0.717) is 41.9 Å². The summed E-state index contributed by atoms with van der Waals surface area (Å²) in [5.41, 5.74) is 3.27. The number of carbonyl (C=O) groups is 1. The van der Waals surface area contributed by atoms with Gasteiger partial charge in [-0.2, -0.15) is 0 Å². The highest BCUT2D eigenvalue weighted by atomic mass is 35.5. The smallest absolute Gasteiger partial charge is 0.415 e. The first kappa shape index (κ1) is 23.1. The van der Waals surface area contributed by atoms with Crippen LogP contribution < -0.4 is 14.2 Å². The van der Waals surface area contributed by atoms with Crippen LogP contribution in [0.1, 0.15) is 19.4 Å². The quantitative estimate of drug-likeness (QED) is 0.298. The van der Waals surface area contributed by atoms with Gasteiger partial charge in [-0.3, -0.25) is 0 Å². The van der Waals surface area contributed by atoms with Gasteiger partial charge in [-0.1, -0.05) is 23.7 Å². The molecule has 1 aliphatic heterocycles. The van der Waals surface area contributed by atoms with E-state index in [0.717, 1.165) is 27.6 Å². The molecule has 3 aromatic carbocycles. The summed E-state index contributed by atoms with van der Waals surface area (Å²) < 4.78 is 32.5. The van der Waals surface area contributed by atoms with Crippen molar-refractivity contribution in [2.45, 2.75) is 20.4 Å². The molecular formula is C27H24ClFN2O4. The molecule has 4 aromatic rings. The molecule has 1 amide bonds. The molecule has 0 atom stereocenters. The van der Waals surface area contributed by atoms with Crippen LogP contribution in [0.5, 0.6) is 17.2 Å². The van der Waals surface area contributed by atoms with E-state index >= 15 is 0 Å². The highest BCUT2D eigenvalue weighted by molar-refractivity contribution is 6.31. The molecular weight excluding hydrogens is 471 g/mol. The molecule has 35 heavy (non-hydrogen) atoms. The monoisotopic (exact) mass is 494 g/mol. The lowest BCUT2D eigenvalue weighted by molar-refractivity contribution is 0.157. The second kappa shape index (κ2) is 9.50. The van der Waals surface area contributed by atoms with Gasteiger partial charge in [0.1, 0.15) is 11.6 Å². The molecule has 2 heterocycles. The van der Waals surface area contributed by atoms with Gasteiger partial charge in [0.05, 0.1) is 0 Å². The Morgan fingerprint density at radius 1 is 1.06 bits per heavy atom. The maximum absolute atomic E-state index is 13.7. The van der Waals surface area contributed by atoms with Crippen LogP contribution in [0.25, 0.3) is 22.0 Å². The number of nitrogens with zero attached hydrogens (tertiary/aromatic N) is 2. The van der Waals surface area contributed by atoms with Crippen LogP contribution in [-0.4, -0.2) is 35.4 Å². The minimum Gasteiger partial charge on any atom is -0.454 e. The fourth-order valence-electron chi connectivity index (χ4n) is 4.29. The number of hydrogen-bond donors (Lipinski definition) is 0. The minimum atomic E-state index is -0.427. The highest BCUT2D eigenvalue weighted by Crippen LogP contribution is 2.40. The number of carbonyl (C=O) groups excluding carboxylic acids is 1. The highest BCUT2D eigenvalue weighted by Gasteiger charge is 2.21. The molecule has 0 bridgehead atoms. The summed E-state index contributed by atoms with van der Waals surface area (Å²) in [6.45, 7) is 5.55. The molecule has 1 aromatic heterocycles. The zero-order valence-electron chi connectivity index (χ0n) is 19.4. The van der Waals surface area contributed by atoms with E-state index in [1.54, 1.807) is 29.2 Å². The van der Waals surface area contributed by atoms with Gasteiger partial charge in [-0.05, 0) is 61.4 Å². The molecule has 0 aliphatic carbocycles. The fourth-order valence-corrected chi connectivity index (χ4v) is 4.51. The Bertz CT molecular complexity index is 1400. The molecule has 0 fully saturated rings. The average Bonchev–Trinajstić information content (AvgIpc) is 3.47. The Labute approximate surface area is 207 Å². The first-order chi connectivity index (χ1) is 17.0.